The van der Waals surface area contributed by atoms with Gasteiger partial charge in [-0.2, -0.15) is 10.5 Å². The first-order valence-corrected chi connectivity index (χ1v) is 7.59. The zero-order valence-corrected chi connectivity index (χ0v) is 11.8. The van der Waals surface area contributed by atoms with Gasteiger partial charge in [-0.15, -0.1) is 0 Å². The summed E-state index contributed by atoms with van der Waals surface area (Å²) in [6.07, 6.45) is 2.34. The zero-order valence-electron chi connectivity index (χ0n) is 11.8. The van der Waals surface area contributed by atoms with E-state index in [0.717, 1.165) is 22.3 Å². The molecule has 3 aliphatic rings. The first kappa shape index (κ1) is 11.8. The molecule has 2 aromatic rings. The van der Waals surface area contributed by atoms with Gasteiger partial charge < -0.3 is 0 Å². The number of hydrogen-bond acceptors (Lipinski definition) is 2. The van der Waals surface area contributed by atoms with Crippen molar-refractivity contribution in [3.8, 4) is 12.1 Å². The summed E-state index contributed by atoms with van der Waals surface area (Å²) in [7, 11) is 0. The lowest BCUT2D eigenvalue weighted by atomic mass is 9.90. The van der Waals surface area contributed by atoms with Gasteiger partial charge in [0.25, 0.3) is 0 Å². The van der Waals surface area contributed by atoms with E-state index in [1.807, 2.05) is 18.2 Å². The van der Waals surface area contributed by atoms with Crippen LogP contribution in [0.5, 0.6) is 0 Å². The highest BCUT2D eigenvalue weighted by Gasteiger charge is 2.66. The highest BCUT2D eigenvalue weighted by atomic mass is 14.7. The highest BCUT2D eigenvalue weighted by Crippen LogP contribution is 2.76. The standard InChI is InChI=1S/C20H12N2/c21-9-12-6-7-13(10-22)17-16(12)15-8-14(18-19(15)20(17)18)11-4-2-1-3-5-11/h1-8,15,18-20H. The molecule has 3 aliphatic carbocycles. The van der Waals surface area contributed by atoms with Crippen LogP contribution in [0, 0.1) is 34.5 Å². The van der Waals surface area contributed by atoms with Crippen molar-refractivity contribution >= 4 is 5.57 Å². The smallest absolute Gasteiger partial charge is 0.0994 e. The van der Waals surface area contributed by atoms with Gasteiger partial charge in [-0.3, -0.25) is 0 Å². The van der Waals surface area contributed by atoms with Gasteiger partial charge >= 0.3 is 0 Å². The molecule has 0 aromatic heterocycles. The van der Waals surface area contributed by atoms with E-state index in [1.54, 1.807) is 0 Å². The maximum Gasteiger partial charge on any atom is 0.0994 e. The molecule has 0 saturated heterocycles. The Morgan fingerprint density at radius 2 is 1.45 bits per heavy atom. The van der Waals surface area contributed by atoms with Crippen molar-refractivity contribution < 1.29 is 0 Å². The summed E-state index contributed by atoms with van der Waals surface area (Å²) in [4.78, 5) is 0. The van der Waals surface area contributed by atoms with Crippen molar-refractivity contribution in [3.63, 3.8) is 0 Å². The minimum Gasteiger partial charge on any atom is -0.192 e. The van der Waals surface area contributed by atoms with Gasteiger partial charge in [-0.1, -0.05) is 36.4 Å². The predicted molar refractivity (Wildman–Crippen MR) is 82.8 cm³/mol. The Hall–Kier alpha value is -2.84. The maximum absolute atomic E-state index is 9.43. The summed E-state index contributed by atoms with van der Waals surface area (Å²) in [5.41, 5.74) is 6.48. The molecule has 4 unspecified atom stereocenters. The van der Waals surface area contributed by atoms with Crippen LogP contribution in [0.1, 0.15) is 39.7 Å². The van der Waals surface area contributed by atoms with E-state index in [0.29, 0.717) is 23.7 Å². The molecule has 0 heterocycles. The van der Waals surface area contributed by atoms with Gasteiger partial charge in [0.15, 0.2) is 0 Å². The first-order valence-electron chi connectivity index (χ1n) is 7.59. The quantitative estimate of drug-likeness (QED) is 0.794. The number of nitrogens with zero attached hydrogens (tertiary/aromatic N) is 2. The molecule has 22 heavy (non-hydrogen) atoms. The fraction of sp³-hybridized carbons (Fsp3) is 0.200. The van der Waals surface area contributed by atoms with Crippen LogP contribution in [0.15, 0.2) is 48.5 Å². The maximum atomic E-state index is 9.43. The average Bonchev–Trinajstić information content (AvgIpc) is 3.08. The van der Waals surface area contributed by atoms with Crippen molar-refractivity contribution in [2.24, 2.45) is 11.8 Å². The van der Waals surface area contributed by atoms with E-state index in [9.17, 15) is 10.5 Å². The Morgan fingerprint density at radius 1 is 0.773 bits per heavy atom. The predicted octanol–water partition coefficient (Wildman–Crippen LogP) is 3.95. The minimum absolute atomic E-state index is 0.322. The van der Waals surface area contributed by atoms with Crippen LogP contribution in [0.3, 0.4) is 0 Å². The van der Waals surface area contributed by atoms with Crippen molar-refractivity contribution in [2.45, 2.75) is 11.8 Å². The van der Waals surface area contributed by atoms with E-state index in [2.05, 4.69) is 42.5 Å². The SMILES string of the molecule is N#Cc1ccc(C#N)c2c1C1C=C(c3ccccc3)C3C2C13. The van der Waals surface area contributed by atoms with Crippen molar-refractivity contribution in [1.29, 1.82) is 10.5 Å². The third kappa shape index (κ3) is 1.24. The Labute approximate surface area is 128 Å². The lowest BCUT2D eigenvalue weighted by molar-refractivity contribution is 0.751. The van der Waals surface area contributed by atoms with E-state index in [-0.39, 0.29) is 0 Å². The molecule has 1 saturated carbocycles. The number of nitriles is 2. The Bertz CT molecular complexity index is 925. The third-order valence-electron chi connectivity index (χ3n) is 5.51. The molecule has 0 aliphatic heterocycles. The van der Waals surface area contributed by atoms with Crippen molar-refractivity contribution in [2.75, 3.05) is 0 Å². The summed E-state index contributed by atoms with van der Waals surface area (Å²) in [5.74, 6) is 1.89. The molecular formula is C20H12N2. The summed E-state index contributed by atoms with van der Waals surface area (Å²) < 4.78 is 0. The van der Waals surface area contributed by atoms with Crippen LogP contribution in [0.25, 0.3) is 5.57 Å². The third-order valence-corrected chi connectivity index (χ3v) is 5.51. The molecule has 5 rings (SSSR count). The molecule has 0 spiro atoms. The number of fused-ring (bicyclic) bond motifs is 4. The Balaban J connectivity index is 1.70. The van der Waals surface area contributed by atoms with Crippen molar-refractivity contribution in [1.82, 2.24) is 0 Å². The molecule has 2 aromatic carbocycles. The van der Waals surface area contributed by atoms with E-state index >= 15 is 0 Å². The molecule has 0 N–H and O–H groups in total. The van der Waals surface area contributed by atoms with Gasteiger partial charge in [-0.25, -0.2) is 0 Å². The number of allylic oxidation sites excluding steroid dienone is 2. The number of rotatable bonds is 1. The average molecular weight is 280 g/mol. The van der Waals surface area contributed by atoms with E-state index in [4.69, 9.17) is 0 Å². The Morgan fingerprint density at radius 3 is 2.14 bits per heavy atom. The molecule has 2 heteroatoms. The molecule has 0 amide bonds. The lowest BCUT2D eigenvalue weighted by Gasteiger charge is -2.11. The fourth-order valence-corrected chi connectivity index (χ4v) is 4.71. The monoisotopic (exact) mass is 280 g/mol. The second-order valence-electron chi connectivity index (χ2n) is 6.35. The van der Waals surface area contributed by atoms with Crippen LogP contribution in [-0.4, -0.2) is 0 Å². The van der Waals surface area contributed by atoms with Gasteiger partial charge in [0.2, 0.25) is 0 Å². The van der Waals surface area contributed by atoms with Crippen LogP contribution in [-0.2, 0) is 0 Å². The lowest BCUT2D eigenvalue weighted by Crippen LogP contribution is -2.00. The normalized spacial score (nSPS) is 29.1. The molecule has 0 radical (unpaired) electrons. The minimum atomic E-state index is 0.322. The van der Waals surface area contributed by atoms with Crippen LogP contribution >= 0.6 is 0 Å². The van der Waals surface area contributed by atoms with Gasteiger partial charge in [0, 0.05) is 5.92 Å². The van der Waals surface area contributed by atoms with Crippen LogP contribution in [0.2, 0.25) is 0 Å². The molecule has 102 valence electrons. The molecular weight excluding hydrogens is 268 g/mol. The second kappa shape index (κ2) is 3.87. The fourth-order valence-electron chi connectivity index (χ4n) is 4.71. The topological polar surface area (TPSA) is 47.6 Å². The Kier molecular flexibility index (Phi) is 2.07. The molecule has 1 fully saturated rings. The van der Waals surface area contributed by atoms with Crippen molar-refractivity contribution in [3.05, 3.63) is 76.4 Å². The van der Waals surface area contributed by atoms with Crippen LogP contribution < -0.4 is 0 Å². The summed E-state index contributed by atoms with van der Waals surface area (Å²) >= 11 is 0. The molecule has 2 nitrogen and oxygen atoms in total. The summed E-state index contributed by atoms with van der Waals surface area (Å²) in [6.45, 7) is 0. The number of hydrogen-bond donors (Lipinski definition) is 0. The van der Waals surface area contributed by atoms with Gasteiger partial charge in [0.1, 0.15) is 0 Å². The van der Waals surface area contributed by atoms with E-state index in [1.165, 1.54) is 11.1 Å². The van der Waals surface area contributed by atoms with Crippen LogP contribution in [0.4, 0.5) is 0 Å². The summed E-state index contributed by atoms with van der Waals surface area (Å²) in [6, 6.07) is 18.8. The molecule has 0 bridgehead atoms. The second-order valence-corrected chi connectivity index (χ2v) is 6.35. The van der Waals surface area contributed by atoms with Gasteiger partial charge in [0.05, 0.1) is 23.3 Å². The van der Waals surface area contributed by atoms with E-state index < -0.39 is 0 Å². The summed E-state index contributed by atoms with van der Waals surface area (Å²) in [5, 5.41) is 18.9. The first-order chi connectivity index (χ1) is 10.8. The largest absolute Gasteiger partial charge is 0.192 e. The highest BCUT2D eigenvalue weighted by molar-refractivity contribution is 5.81. The zero-order chi connectivity index (χ0) is 14.8. The van der Waals surface area contributed by atoms with Gasteiger partial charge in [-0.05, 0) is 52.1 Å². The molecule has 4 atom stereocenters. The number of benzene rings is 2.